The van der Waals surface area contributed by atoms with Crippen molar-refractivity contribution in [3.8, 4) is 11.3 Å². The third-order valence-corrected chi connectivity index (χ3v) is 8.48. The maximum Gasteiger partial charge on any atom is 0.0961 e. The van der Waals surface area contributed by atoms with Gasteiger partial charge in [-0.1, -0.05) is 31.2 Å². The van der Waals surface area contributed by atoms with E-state index in [0.717, 1.165) is 80.4 Å². The first-order valence-corrected chi connectivity index (χ1v) is 14.1. The maximum absolute atomic E-state index is 5.18. The minimum atomic E-state index is 0.456. The van der Waals surface area contributed by atoms with Crippen LogP contribution in [0.15, 0.2) is 61.1 Å². The molecule has 7 heteroatoms. The number of piperazine rings is 1. The monoisotopic (exact) mass is 505 g/mol. The van der Waals surface area contributed by atoms with Crippen LogP contribution in [0.25, 0.3) is 27.9 Å². The first-order chi connectivity index (χ1) is 18.8. The van der Waals surface area contributed by atoms with Crippen molar-refractivity contribution in [1.29, 1.82) is 0 Å². The quantitative estimate of drug-likeness (QED) is 0.430. The summed E-state index contributed by atoms with van der Waals surface area (Å²) in [5, 5.41) is 3.54. The second kappa shape index (κ2) is 9.97. The van der Waals surface area contributed by atoms with Crippen LogP contribution in [0.3, 0.4) is 0 Å². The summed E-state index contributed by atoms with van der Waals surface area (Å²) >= 11 is 0. The molecule has 2 fully saturated rings. The van der Waals surface area contributed by atoms with Gasteiger partial charge in [-0.25, -0.2) is 9.97 Å². The molecule has 0 bridgehead atoms. The number of imidazole rings is 1. The van der Waals surface area contributed by atoms with Gasteiger partial charge in [0.05, 0.1) is 40.6 Å². The fourth-order valence-electron chi connectivity index (χ4n) is 6.21. The summed E-state index contributed by atoms with van der Waals surface area (Å²) in [5.41, 5.74) is 10.0. The summed E-state index contributed by atoms with van der Waals surface area (Å²) < 4.78 is 2.36. The highest BCUT2D eigenvalue weighted by Crippen LogP contribution is 2.34. The number of aromatic nitrogens is 4. The van der Waals surface area contributed by atoms with Crippen LogP contribution in [-0.2, 0) is 6.42 Å². The van der Waals surface area contributed by atoms with Gasteiger partial charge in [-0.05, 0) is 55.8 Å². The molecule has 7 nitrogen and oxygen atoms in total. The average Bonchev–Trinajstić information content (AvgIpc) is 3.61. The minimum absolute atomic E-state index is 0.456. The summed E-state index contributed by atoms with van der Waals surface area (Å²) in [6.45, 7) is 9.85. The Balaban J connectivity index is 1.19. The van der Waals surface area contributed by atoms with Crippen molar-refractivity contribution in [1.82, 2.24) is 29.7 Å². The molecule has 1 aliphatic carbocycles. The van der Waals surface area contributed by atoms with E-state index in [-0.39, 0.29) is 0 Å². The molecule has 2 aliphatic heterocycles. The highest BCUT2D eigenvalue weighted by molar-refractivity contribution is 5.88. The topological polar surface area (TPSA) is 62.1 Å². The second-order valence-electron chi connectivity index (χ2n) is 10.7. The number of rotatable bonds is 5. The van der Waals surface area contributed by atoms with Crippen molar-refractivity contribution in [3.63, 3.8) is 0 Å². The predicted molar refractivity (Wildman–Crippen MR) is 153 cm³/mol. The number of likely N-dealkylation sites (N-methyl/N-ethyl adjacent to an activating group) is 1. The van der Waals surface area contributed by atoms with E-state index in [2.05, 4.69) is 75.1 Å². The Labute approximate surface area is 224 Å². The molecule has 1 atom stereocenters. The number of benzene rings is 2. The van der Waals surface area contributed by atoms with Gasteiger partial charge in [-0.15, -0.1) is 0 Å². The fourth-order valence-corrected chi connectivity index (χ4v) is 6.21. The van der Waals surface area contributed by atoms with Gasteiger partial charge in [-0.2, -0.15) is 0 Å². The van der Waals surface area contributed by atoms with Crippen LogP contribution >= 0.6 is 0 Å². The molecule has 1 unspecified atom stereocenters. The number of piperidine rings is 1. The van der Waals surface area contributed by atoms with E-state index in [0.29, 0.717) is 6.04 Å². The Morgan fingerprint density at radius 1 is 1.00 bits per heavy atom. The van der Waals surface area contributed by atoms with Crippen LogP contribution in [0, 0.1) is 0 Å². The standard InChI is InChI=1S/C31H35N7/c1-2-36-13-15-37(16-14-36)24-6-3-5-23(17-24)29-20-33-28-11-9-26(31(28)35-29)22-8-10-27-30(18-22)38(21-34-27)25-7-4-12-32-19-25/h3,5-6,8-10,17-18,20-21,25,32H,2,4,7,11-16,19H2,1H3. The van der Waals surface area contributed by atoms with Crippen LogP contribution in [0.1, 0.15) is 42.8 Å². The highest BCUT2D eigenvalue weighted by Gasteiger charge is 2.23. The number of allylic oxidation sites excluding steroid dienone is 1. The van der Waals surface area contributed by atoms with E-state index in [1.165, 1.54) is 35.2 Å². The SMILES string of the molecule is CCN1CCN(c2cccc(-c3cnc4c(n3)C(c3ccc5ncn(C6CCCNC6)c5c3)=CC4)c2)CC1. The van der Waals surface area contributed by atoms with Crippen molar-refractivity contribution in [3.05, 3.63) is 78.0 Å². The van der Waals surface area contributed by atoms with Gasteiger partial charge >= 0.3 is 0 Å². The Kier molecular flexibility index (Phi) is 6.18. The molecular formula is C31H35N7. The smallest absolute Gasteiger partial charge is 0.0961 e. The molecule has 0 spiro atoms. The van der Waals surface area contributed by atoms with E-state index in [9.17, 15) is 0 Å². The van der Waals surface area contributed by atoms with Gasteiger partial charge in [0.15, 0.2) is 0 Å². The van der Waals surface area contributed by atoms with Crippen molar-refractivity contribution in [2.75, 3.05) is 50.7 Å². The Hall–Kier alpha value is -3.55. The minimum Gasteiger partial charge on any atom is -0.369 e. The third kappa shape index (κ3) is 4.29. The molecular weight excluding hydrogens is 470 g/mol. The number of nitrogens with zero attached hydrogens (tertiary/aromatic N) is 6. The van der Waals surface area contributed by atoms with Crippen LogP contribution in [0.5, 0.6) is 0 Å². The summed E-state index contributed by atoms with van der Waals surface area (Å²) in [6, 6.07) is 15.9. The van der Waals surface area contributed by atoms with Gasteiger partial charge < -0.3 is 19.7 Å². The van der Waals surface area contributed by atoms with E-state index < -0.39 is 0 Å². The molecule has 2 saturated heterocycles. The lowest BCUT2D eigenvalue weighted by Crippen LogP contribution is -2.46. The van der Waals surface area contributed by atoms with Crippen LogP contribution < -0.4 is 10.2 Å². The number of fused-ring (bicyclic) bond motifs is 2. The fraction of sp³-hybridized carbons (Fsp3) is 0.387. The molecule has 1 N–H and O–H groups in total. The Bertz CT molecular complexity index is 1490. The zero-order chi connectivity index (χ0) is 25.5. The summed E-state index contributed by atoms with van der Waals surface area (Å²) in [4.78, 5) is 19.7. The lowest BCUT2D eigenvalue weighted by atomic mass is 10.0. The van der Waals surface area contributed by atoms with Gasteiger partial charge in [0.2, 0.25) is 0 Å². The van der Waals surface area contributed by atoms with Crippen molar-refractivity contribution in [2.24, 2.45) is 0 Å². The molecule has 7 rings (SSSR count). The van der Waals surface area contributed by atoms with E-state index in [4.69, 9.17) is 15.0 Å². The number of nitrogens with one attached hydrogen (secondary N) is 1. The zero-order valence-corrected chi connectivity index (χ0v) is 22.1. The van der Waals surface area contributed by atoms with Gasteiger partial charge in [0.25, 0.3) is 0 Å². The summed E-state index contributed by atoms with van der Waals surface area (Å²) in [7, 11) is 0. The Morgan fingerprint density at radius 2 is 1.92 bits per heavy atom. The number of hydrogen-bond acceptors (Lipinski definition) is 6. The van der Waals surface area contributed by atoms with Crippen molar-refractivity contribution < 1.29 is 0 Å². The van der Waals surface area contributed by atoms with E-state index in [1.807, 2.05) is 12.5 Å². The second-order valence-corrected chi connectivity index (χ2v) is 10.7. The van der Waals surface area contributed by atoms with Crippen LogP contribution in [0.4, 0.5) is 5.69 Å². The molecule has 4 heterocycles. The van der Waals surface area contributed by atoms with Crippen LogP contribution in [-0.4, -0.2) is 70.2 Å². The lowest BCUT2D eigenvalue weighted by Gasteiger charge is -2.35. The molecule has 0 radical (unpaired) electrons. The molecule has 0 amide bonds. The van der Waals surface area contributed by atoms with E-state index in [1.54, 1.807) is 0 Å². The van der Waals surface area contributed by atoms with Crippen LogP contribution in [0.2, 0.25) is 0 Å². The molecule has 3 aliphatic rings. The normalized spacial score (nSPS) is 20.1. The third-order valence-electron chi connectivity index (χ3n) is 8.48. The molecule has 2 aromatic carbocycles. The highest BCUT2D eigenvalue weighted by atomic mass is 15.3. The number of hydrogen-bond donors (Lipinski definition) is 1. The maximum atomic E-state index is 5.18. The van der Waals surface area contributed by atoms with Crippen molar-refractivity contribution >= 4 is 22.3 Å². The Morgan fingerprint density at radius 3 is 2.76 bits per heavy atom. The summed E-state index contributed by atoms with van der Waals surface area (Å²) in [5.74, 6) is 0. The lowest BCUT2D eigenvalue weighted by molar-refractivity contribution is 0.271. The van der Waals surface area contributed by atoms with Crippen molar-refractivity contribution in [2.45, 2.75) is 32.2 Å². The predicted octanol–water partition coefficient (Wildman–Crippen LogP) is 4.55. The van der Waals surface area contributed by atoms with Gasteiger partial charge in [0, 0.05) is 62.0 Å². The largest absolute Gasteiger partial charge is 0.369 e. The zero-order valence-electron chi connectivity index (χ0n) is 22.1. The van der Waals surface area contributed by atoms with Gasteiger partial charge in [0.1, 0.15) is 0 Å². The van der Waals surface area contributed by atoms with E-state index >= 15 is 0 Å². The average molecular weight is 506 g/mol. The molecule has 0 saturated carbocycles. The molecule has 4 aromatic rings. The molecule has 194 valence electrons. The number of anilines is 1. The molecule has 38 heavy (non-hydrogen) atoms. The molecule has 2 aromatic heterocycles. The first-order valence-electron chi connectivity index (χ1n) is 14.1. The first kappa shape index (κ1) is 23.6. The summed E-state index contributed by atoms with van der Waals surface area (Å²) in [6.07, 6.45) is 9.45. The van der Waals surface area contributed by atoms with Gasteiger partial charge in [-0.3, -0.25) is 4.98 Å².